The molecule has 0 atom stereocenters. The molecular formula is C14H10N2O3. The zero-order chi connectivity index (χ0) is 13.2. The number of rotatable bonds is 2. The zero-order valence-electron chi connectivity index (χ0n) is 9.83. The monoisotopic (exact) mass is 254 g/mol. The van der Waals surface area contributed by atoms with Crippen LogP contribution in [0.5, 0.6) is 5.75 Å². The van der Waals surface area contributed by atoms with Gasteiger partial charge in [-0.15, -0.1) is 0 Å². The number of nitrogens with zero attached hydrogens (tertiary/aromatic N) is 1. The zero-order valence-corrected chi connectivity index (χ0v) is 9.83. The minimum atomic E-state index is -0.268. The molecule has 3 aromatic rings. The van der Waals surface area contributed by atoms with E-state index in [9.17, 15) is 9.90 Å². The number of hydrogen-bond acceptors (Lipinski definition) is 4. The van der Waals surface area contributed by atoms with Crippen LogP contribution in [0.2, 0.25) is 0 Å². The molecule has 0 saturated heterocycles. The van der Waals surface area contributed by atoms with E-state index in [-0.39, 0.29) is 11.7 Å². The van der Waals surface area contributed by atoms with Gasteiger partial charge in [0.1, 0.15) is 11.3 Å². The molecule has 2 aromatic carbocycles. The summed E-state index contributed by atoms with van der Waals surface area (Å²) in [6.07, 6.45) is 1.33. The van der Waals surface area contributed by atoms with Crippen molar-refractivity contribution in [1.29, 1.82) is 0 Å². The van der Waals surface area contributed by atoms with Crippen LogP contribution in [-0.2, 0) is 0 Å². The van der Waals surface area contributed by atoms with Crippen molar-refractivity contribution in [1.82, 2.24) is 4.98 Å². The van der Waals surface area contributed by atoms with E-state index in [2.05, 4.69) is 10.3 Å². The van der Waals surface area contributed by atoms with Gasteiger partial charge in [0.2, 0.25) is 0 Å². The quantitative estimate of drug-likeness (QED) is 0.737. The highest BCUT2D eigenvalue weighted by Gasteiger charge is 2.08. The first-order valence-corrected chi connectivity index (χ1v) is 5.66. The van der Waals surface area contributed by atoms with Crippen molar-refractivity contribution in [3.05, 3.63) is 54.4 Å². The molecule has 2 N–H and O–H groups in total. The molecule has 5 heteroatoms. The summed E-state index contributed by atoms with van der Waals surface area (Å²) in [7, 11) is 0. The number of anilines is 1. The summed E-state index contributed by atoms with van der Waals surface area (Å²) < 4.78 is 5.11. The van der Waals surface area contributed by atoms with Gasteiger partial charge in [0.25, 0.3) is 5.91 Å². The van der Waals surface area contributed by atoms with Crippen molar-refractivity contribution in [2.75, 3.05) is 5.32 Å². The SMILES string of the molecule is O=C(Nc1cccc(O)c1)c1ccc2ocnc2c1. The number of amides is 1. The summed E-state index contributed by atoms with van der Waals surface area (Å²) in [6.45, 7) is 0. The van der Waals surface area contributed by atoms with Gasteiger partial charge in [0.05, 0.1) is 0 Å². The molecular weight excluding hydrogens is 244 g/mol. The van der Waals surface area contributed by atoms with Gasteiger partial charge in [-0.1, -0.05) is 6.07 Å². The maximum absolute atomic E-state index is 12.0. The van der Waals surface area contributed by atoms with Crippen LogP contribution in [0, 0.1) is 0 Å². The van der Waals surface area contributed by atoms with Crippen LogP contribution in [0.4, 0.5) is 5.69 Å². The normalized spacial score (nSPS) is 10.5. The molecule has 0 aliphatic heterocycles. The number of phenols is 1. The van der Waals surface area contributed by atoms with Crippen molar-refractivity contribution in [3.8, 4) is 5.75 Å². The number of benzene rings is 2. The minimum absolute atomic E-state index is 0.102. The average Bonchev–Trinajstić information content (AvgIpc) is 2.85. The van der Waals surface area contributed by atoms with E-state index < -0.39 is 0 Å². The Hall–Kier alpha value is -2.82. The molecule has 0 radical (unpaired) electrons. The Bertz CT molecular complexity index is 749. The first kappa shape index (κ1) is 11.3. The van der Waals surface area contributed by atoms with Crippen molar-refractivity contribution >= 4 is 22.7 Å². The lowest BCUT2D eigenvalue weighted by Gasteiger charge is -2.05. The van der Waals surface area contributed by atoms with Gasteiger partial charge >= 0.3 is 0 Å². The van der Waals surface area contributed by atoms with Gasteiger partial charge < -0.3 is 14.8 Å². The van der Waals surface area contributed by atoms with Crippen molar-refractivity contribution in [2.45, 2.75) is 0 Å². The molecule has 3 rings (SSSR count). The summed E-state index contributed by atoms with van der Waals surface area (Å²) in [6, 6.07) is 11.4. The third kappa shape index (κ3) is 2.26. The molecule has 0 bridgehead atoms. The van der Waals surface area contributed by atoms with E-state index in [1.165, 1.54) is 18.5 Å². The van der Waals surface area contributed by atoms with Gasteiger partial charge in [0.15, 0.2) is 12.0 Å². The Morgan fingerprint density at radius 1 is 1.21 bits per heavy atom. The topological polar surface area (TPSA) is 75.4 Å². The fourth-order valence-corrected chi connectivity index (χ4v) is 1.79. The lowest BCUT2D eigenvalue weighted by Crippen LogP contribution is -2.11. The van der Waals surface area contributed by atoms with E-state index >= 15 is 0 Å². The maximum atomic E-state index is 12.0. The van der Waals surface area contributed by atoms with E-state index in [4.69, 9.17) is 4.42 Å². The second-order valence-corrected chi connectivity index (χ2v) is 4.04. The molecule has 19 heavy (non-hydrogen) atoms. The lowest BCUT2D eigenvalue weighted by atomic mass is 10.2. The Morgan fingerprint density at radius 3 is 2.95 bits per heavy atom. The van der Waals surface area contributed by atoms with Crippen LogP contribution in [0.15, 0.2) is 53.3 Å². The van der Waals surface area contributed by atoms with Gasteiger partial charge in [-0.05, 0) is 30.3 Å². The average molecular weight is 254 g/mol. The maximum Gasteiger partial charge on any atom is 0.255 e. The van der Waals surface area contributed by atoms with Gasteiger partial charge in [-0.2, -0.15) is 0 Å². The largest absolute Gasteiger partial charge is 0.508 e. The molecule has 0 aliphatic carbocycles. The molecule has 0 unspecified atom stereocenters. The van der Waals surface area contributed by atoms with Crippen LogP contribution in [0.1, 0.15) is 10.4 Å². The number of fused-ring (bicyclic) bond motifs is 1. The fraction of sp³-hybridized carbons (Fsp3) is 0. The Balaban J connectivity index is 1.87. The van der Waals surface area contributed by atoms with Gasteiger partial charge in [-0.25, -0.2) is 4.98 Å². The standard InChI is InChI=1S/C14H10N2O3/c17-11-3-1-2-10(7-11)16-14(18)9-4-5-13-12(6-9)15-8-19-13/h1-8,17H,(H,16,18). The van der Waals surface area contributed by atoms with Crippen LogP contribution in [0.25, 0.3) is 11.1 Å². The van der Waals surface area contributed by atoms with Crippen molar-refractivity contribution in [3.63, 3.8) is 0 Å². The Kier molecular flexibility index (Phi) is 2.64. The molecule has 1 aromatic heterocycles. The highest BCUT2D eigenvalue weighted by atomic mass is 16.3. The minimum Gasteiger partial charge on any atom is -0.508 e. The highest BCUT2D eigenvalue weighted by Crippen LogP contribution is 2.18. The smallest absolute Gasteiger partial charge is 0.255 e. The van der Waals surface area contributed by atoms with E-state index in [0.29, 0.717) is 22.4 Å². The second kappa shape index (κ2) is 4.45. The van der Waals surface area contributed by atoms with Crippen LogP contribution < -0.4 is 5.32 Å². The Morgan fingerprint density at radius 2 is 2.11 bits per heavy atom. The summed E-state index contributed by atoms with van der Waals surface area (Å²) >= 11 is 0. The summed E-state index contributed by atoms with van der Waals surface area (Å²) in [4.78, 5) is 16.0. The molecule has 0 saturated carbocycles. The predicted molar refractivity (Wildman–Crippen MR) is 70.1 cm³/mol. The van der Waals surface area contributed by atoms with Crippen LogP contribution >= 0.6 is 0 Å². The van der Waals surface area contributed by atoms with Crippen LogP contribution in [0.3, 0.4) is 0 Å². The fourth-order valence-electron chi connectivity index (χ4n) is 1.79. The number of oxazole rings is 1. The van der Waals surface area contributed by atoms with Gasteiger partial charge in [-0.3, -0.25) is 4.79 Å². The number of nitrogens with one attached hydrogen (secondary N) is 1. The second-order valence-electron chi connectivity index (χ2n) is 4.04. The number of aromatic hydroxyl groups is 1. The number of phenolic OH excluding ortho intramolecular Hbond substituents is 1. The van der Waals surface area contributed by atoms with E-state index in [1.54, 1.807) is 30.3 Å². The van der Waals surface area contributed by atoms with Crippen molar-refractivity contribution < 1.29 is 14.3 Å². The first-order chi connectivity index (χ1) is 9.22. The number of hydrogen-bond donors (Lipinski definition) is 2. The highest BCUT2D eigenvalue weighted by molar-refractivity contribution is 6.05. The van der Waals surface area contributed by atoms with Crippen LogP contribution in [-0.4, -0.2) is 16.0 Å². The number of carbonyl (C=O) groups excluding carboxylic acids is 1. The Labute approximate surface area is 108 Å². The molecule has 0 spiro atoms. The molecule has 0 aliphatic rings. The van der Waals surface area contributed by atoms with Crippen molar-refractivity contribution in [2.24, 2.45) is 0 Å². The molecule has 94 valence electrons. The number of aromatic nitrogens is 1. The molecule has 5 nitrogen and oxygen atoms in total. The first-order valence-electron chi connectivity index (χ1n) is 5.66. The predicted octanol–water partition coefficient (Wildman–Crippen LogP) is 2.79. The summed E-state index contributed by atoms with van der Waals surface area (Å²) in [5, 5.41) is 12.0. The molecule has 1 heterocycles. The van der Waals surface area contributed by atoms with E-state index in [1.807, 2.05) is 0 Å². The third-order valence-corrected chi connectivity index (χ3v) is 2.70. The number of carbonyl (C=O) groups is 1. The van der Waals surface area contributed by atoms with E-state index in [0.717, 1.165) is 0 Å². The lowest BCUT2D eigenvalue weighted by molar-refractivity contribution is 0.102. The molecule has 0 fully saturated rings. The summed E-state index contributed by atoms with van der Waals surface area (Å²) in [5.41, 5.74) is 2.27. The van der Waals surface area contributed by atoms with Gasteiger partial charge in [0, 0.05) is 17.3 Å². The summed E-state index contributed by atoms with van der Waals surface area (Å²) in [5.74, 6) is -0.166. The third-order valence-electron chi connectivity index (χ3n) is 2.70. The molecule has 1 amide bonds.